The highest BCUT2D eigenvalue weighted by Gasteiger charge is 2.32. The zero-order chi connectivity index (χ0) is 16.3. The van der Waals surface area contributed by atoms with Gasteiger partial charge in [0.25, 0.3) is 0 Å². The average molecular weight is 382 g/mol. The average Bonchev–Trinajstić information content (AvgIpc) is 2.28. The molecule has 0 saturated heterocycles. The molecule has 0 unspecified atom stereocenters. The van der Waals surface area contributed by atoms with Crippen LogP contribution in [0.1, 0.15) is 0 Å². The number of hydrogen-bond donors (Lipinski definition) is 1. The molecule has 0 aliphatic carbocycles. The Morgan fingerprint density at radius 1 is 1.19 bits per heavy atom. The predicted molar refractivity (Wildman–Crippen MR) is 61.9 cm³/mol. The van der Waals surface area contributed by atoms with Crippen LogP contribution >= 0.6 is 15.9 Å². The molecule has 118 valence electrons. The van der Waals surface area contributed by atoms with E-state index in [1.165, 1.54) is 0 Å². The summed E-state index contributed by atoms with van der Waals surface area (Å²) in [6.45, 7) is -1.78. The van der Waals surface area contributed by atoms with Crippen LogP contribution in [0.2, 0.25) is 0 Å². The topological polar surface area (TPSA) is 47.6 Å². The highest BCUT2D eigenvalue weighted by molar-refractivity contribution is 9.10. The molecule has 1 rings (SSSR count). The minimum Gasteiger partial charge on any atom is -0.440 e. The Kier molecular flexibility index (Phi) is 5.31. The second-order valence-electron chi connectivity index (χ2n) is 3.51. The van der Waals surface area contributed by atoms with Crippen LogP contribution in [0.4, 0.5) is 36.8 Å². The Hall–Kier alpha value is -1.65. The van der Waals surface area contributed by atoms with Crippen LogP contribution in [-0.2, 0) is 4.74 Å². The zero-order valence-electron chi connectivity index (χ0n) is 9.81. The van der Waals surface area contributed by atoms with Gasteiger partial charge in [-0.3, -0.25) is 5.32 Å². The van der Waals surface area contributed by atoms with Crippen molar-refractivity contribution in [2.24, 2.45) is 0 Å². The van der Waals surface area contributed by atoms with E-state index in [1.807, 2.05) is 5.32 Å². The van der Waals surface area contributed by atoms with E-state index in [0.717, 1.165) is 18.2 Å². The fourth-order valence-corrected chi connectivity index (χ4v) is 1.55. The van der Waals surface area contributed by atoms with Gasteiger partial charge in [0.1, 0.15) is 5.75 Å². The molecular formula is C10H6BrF6NO3. The maximum Gasteiger partial charge on any atom is 0.573 e. The van der Waals surface area contributed by atoms with Crippen molar-refractivity contribution in [2.45, 2.75) is 12.5 Å². The van der Waals surface area contributed by atoms with Crippen LogP contribution in [-0.4, -0.2) is 25.2 Å². The monoisotopic (exact) mass is 381 g/mol. The Balaban J connectivity index is 2.65. The minimum absolute atomic E-state index is 0.0800. The SMILES string of the molecule is O=C(Nc1ccc(OC(F)(F)F)c(Br)c1)OCC(F)(F)F. The molecule has 0 aliphatic rings. The highest BCUT2D eigenvalue weighted by atomic mass is 79.9. The summed E-state index contributed by atoms with van der Waals surface area (Å²) in [5.74, 6) is -0.572. The van der Waals surface area contributed by atoms with Gasteiger partial charge in [0.2, 0.25) is 0 Å². The molecular weight excluding hydrogens is 376 g/mol. The molecule has 4 nitrogen and oxygen atoms in total. The maximum atomic E-state index is 12.0. The number of amides is 1. The molecule has 21 heavy (non-hydrogen) atoms. The van der Waals surface area contributed by atoms with Crippen LogP contribution in [0.25, 0.3) is 0 Å². The van der Waals surface area contributed by atoms with Crippen molar-refractivity contribution >= 4 is 27.7 Å². The summed E-state index contributed by atoms with van der Waals surface area (Å²) in [5, 5.41) is 1.92. The molecule has 1 N–H and O–H groups in total. The quantitative estimate of drug-likeness (QED) is 0.786. The smallest absolute Gasteiger partial charge is 0.440 e. The third-order valence-corrected chi connectivity index (χ3v) is 2.39. The van der Waals surface area contributed by atoms with Gasteiger partial charge >= 0.3 is 18.6 Å². The normalized spacial score (nSPS) is 12.0. The van der Waals surface area contributed by atoms with Gasteiger partial charge in [-0.1, -0.05) is 0 Å². The first-order chi connectivity index (χ1) is 9.46. The van der Waals surface area contributed by atoms with Crippen LogP contribution < -0.4 is 10.1 Å². The molecule has 11 heteroatoms. The number of nitrogens with one attached hydrogen (secondary N) is 1. The van der Waals surface area contributed by atoms with Gasteiger partial charge in [-0.25, -0.2) is 4.79 Å². The van der Waals surface area contributed by atoms with Crippen LogP contribution in [0.5, 0.6) is 5.75 Å². The van der Waals surface area contributed by atoms with Crippen molar-refractivity contribution in [3.05, 3.63) is 22.7 Å². The third kappa shape index (κ3) is 7.06. The molecule has 1 aromatic rings. The van der Waals surface area contributed by atoms with Crippen LogP contribution in [0.3, 0.4) is 0 Å². The first-order valence-corrected chi connectivity index (χ1v) is 5.81. The lowest BCUT2D eigenvalue weighted by molar-refractivity contribution is -0.274. The Bertz CT molecular complexity index is 516. The number of ether oxygens (including phenoxy) is 2. The molecule has 0 heterocycles. The van der Waals surface area contributed by atoms with E-state index in [9.17, 15) is 31.1 Å². The lowest BCUT2D eigenvalue weighted by Gasteiger charge is -2.12. The first kappa shape index (κ1) is 17.4. The van der Waals surface area contributed by atoms with Crippen LogP contribution in [0, 0.1) is 0 Å². The molecule has 1 aromatic carbocycles. The number of rotatable bonds is 3. The van der Waals surface area contributed by atoms with Gasteiger partial charge in [0, 0.05) is 5.69 Å². The van der Waals surface area contributed by atoms with E-state index in [0.29, 0.717) is 0 Å². The van der Waals surface area contributed by atoms with E-state index in [1.54, 1.807) is 0 Å². The molecule has 0 bridgehead atoms. The molecule has 1 amide bonds. The van der Waals surface area contributed by atoms with Crippen molar-refractivity contribution < 1.29 is 40.6 Å². The summed E-state index contributed by atoms with van der Waals surface area (Å²) in [6, 6.07) is 2.88. The third-order valence-electron chi connectivity index (χ3n) is 1.77. The number of halogens is 7. The number of benzene rings is 1. The largest absolute Gasteiger partial charge is 0.573 e. The molecule has 0 spiro atoms. The fraction of sp³-hybridized carbons (Fsp3) is 0.300. The molecule has 0 radical (unpaired) electrons. The van der Waals surface area contributed by atoms with Gasteiger partial charge in [-0.05, 0) is 34.1 Å². The summed E-state index contributed by atoms with van der Waals surface area (Å²) >= 11 is 2.76. The molecule has 0 atom stereocenters. The molecule has 0 fully saturated rings. The van der Waals surface area contributed by atoms with Crippen LogP contribution in [0.15, 0.2) is 22.7 Å². The van der Waals surface area contributed by atoms with Crippen molar-refractivity contribution in [1.82, 2.24) is 0 Å². The van der Waals surface area contributed by atoms with Crippen molar-refractivity contribution in [3.63, 3.8) is 0 Å². The molecule has 0 saturated carbocycles. The summed E-state index contributed by atoms with van der Waals surface area (Å²) < 4.78 is 78.7. The molecule has 0 aliphatic heterocycles. The number of carbonyl (C=O) groups is 1. The Labute approximate surface area is 122 Å². The Morgan fingerprint density at radius 3 is 2.29 bits per heavy atom. The predicted octanol–water partition coefficient (Wildman–Crippen LogP) is 4.46. The summed E-state index contributed by atoms with van der Waals surface area (Å²) in [7, 11) is 0. The number of anilines is 1. The highest BCUT2D eigenvalue weighted by Crippen LogP contribution is 2.32. The lowest BCUT2D eigenvalue weighted by Crippen LogP contribution is -2.23. The lowest BCUT2D eigenvalue weighted by atomic mass is 10.3. The van der Waals surface area contributed by atoms with E-state index >= 15 is 0 Å². The molecule has 0 aromatic heterocycles. The van der Waals surface area contributed by atoms with Gasteiger partial charge in [-0.2, -0.15) is 13.2 Å². The van der Waals surface area contributed by atoms with Gasteiger partial charge in [-0.15, -0.1) is 13.2 Å². The Morgan fingerprint density at radius 2 is 1.81 bits per heavy atom. The summed E-state index contributed by atoms with van der Waals surface area (Å²) in [4.78, 5) is 11.0. The standard InChI is InChI=1S/C10H6BrF6NO3/c11-6-3-5(1-2-7(6)21-10(15,16)17)18-8(19)20-4-9(12,13)14/h1-3H,4H2,(H,18,19). The fourth-order valence-electron chi connectivity index (χ4n) is 1.09. The maximum absolute atomic E-state index is 12.0. The first-order valence-electron chi connectivity index (χ1n) is 5.02. The minimum atomic E-state index is -4.90. The second-order valence-corrected chi connectivity index (χ2v) is 4.36. The van der Waals surface area contributed by atoms with Crippen molar-refractivity contribution in [2.75, 3.05) is 11.9 Å². The van der Waals surface area contributed by atoms with E-state index in [4.69, 9.17) is 0 Å². The van der Waals surface area contributed by atoms with Gasteiger partial charge in [0.15, 0.2) is 6.61 Å². The second kappa shape index (κ2) is 6.41. The van der Waals surface area contributed by atoms with E-state index in [2.05, 4.69) is 25.4 Å². The number of hydrogen-bond acceptors (Lipinski definition) is 3. The number of alkyl halides is 6. The van der Waals surface area contributed by atoms with Gasteiger partial charge < -0.3 is 9.47 Å². The van der Waals surface area contributed by atoms with E-state index < -0.39 is 31.0 Å². The summed E-state index contributed by atoms with van der Waals surface area (Å²) in [5.41, 5.74) is -0.0800. The van der Waals surface area contributed by atoms with Crippen molar-refractivity contribution in [3.8, 4) is 5.75 Å². The number of carbonyl (C=O) groups excluding carboxylic acids is 1. The van der Waals surface area contributed by atoms with Gasteiger partial charge in [0.05, 0.1) is 4.47 Å². The summed E-state index contributed by atoms with van der Waals surface area (Å²) in [6.07, 6.45) is -11.0. The van der Waals surface area contributed by atoms with Crippen molar-refractivity contribution in [1.29, 1.82) is 0 Å². The zero-order valence-corrected chi connectivity index (χ0v) is 11.4. The van der Waals surface area contributed by atoms with E-state index in [-0.39, 0.29) is 10.2 Å².